The van der Waals surface area contributed by atoms with Gasteiger partial charge in [-0.15, -0.1) is 0 Å². The van der Waals surface area contributed by atoms with Gasteiger partial charge in [0, 0.05) is 26.5 Å². The van der Waals surface area contributed by atoms with Gasteiger partial charge in [-0.2, -0.15) is 0 Å². The summed E-state index contributed by atoms with van der Waals surface area (Å²) >= 11 is 0. The van der Waals surface area contributed by atoms with Crippen molar-refractivity contribution in [3.05, 3.63) is 0 Å². The van der Waals surface area contributed by atoms with Crippen molar-refractivity contribution >= 4 is 25.9 Å². The topological polar surface area (TPSA) is 251 Å². The first kappa shape index (κ1) is 73.1. The average molecular weight is 1080 g/mol. The molecule has 19 nitrogen and oxygen atoms in total. The number of esters is 2. The van der Waals surface area contributed by atoms with Gasteiger partial charge in [-0.1, -0.05) is 168 Å². The van der Waals surface area contributed by atoms with Crippen LogP contribution in [0.15, 0.2) is 0 Å². The number of amides is 1. The lowest BCUT2D eigenvalue weighted by Crippen LogP contribution is -2.31. The molecule has 0 spiro atoms. The van der Waals surface area contributed by atoms with E-state index in [9.17, 15) is 23.8 Å². The fourth-order valence-electron chi connectivity index (χ4n) is 7.30. The van der Waals surface area contributed by atoms with Gasteiger partial charge in [0.2, 0.25) is 0 Å². The SMILES string of the molecule is CCCCCCCCCCCCCCCC(=O)OC[C@H](COP(=O)([O-])OCCNC(=O)OCCOCCOCCOCCOCCOCCOCCOC)OC(=O)CCCCCCCCCCCCCCC.[NH4+]. The molecule has 0 aromatic rings. The molecule has 0 radical (unpaired) electrons. The van der Waals surface area contributed by atoms with Crippen LogP contribution in [0.1, 0.15) is 194 Å². The number of alkyl carbamates (subject to hydrolysis) is 1. The van der Waals surface area contributed by atoms with E-state index < -0.39 is 45.2 Å². The maximum atomic E-state index is 12.8. The van der Waals surface area contributed by atoms with E-state index in [1.54, 1.807) is 7.11 Å². The molecule has 1 amide bonds. The molecular weight excluding hydrogens is 968 g/mol. The summed E-state index contributed by atoms with van der Waals surface area (Å²) in [4.78, 5) is 50.0. The summed E-state index contributed by atoms with van der Waals surface area (Å²) in [7, 11) is -3.25. The molecule has 0 bridgehead atoms. The molecule has 0 aromatic carbocycles. The fourth-order valence-corrected chi connectivity index (χ4v) is 8.04. The first-order valence-corrected chi connectivity index (χ1v) is 29.5. The number of rotatable bonds is 59. The van der Waals surface area contributed by atoms with Crippen LogP contribution in [0, 0.1) is 0 Å². The molecule has 436 valence electrons. The summed E-state index contributed by atoms with van der Waals surface area (Å²) in [6.45, 7) is 8.42. The number of phosphoric acid groups is 1. The number of hydrogen-bond acceptors (Lipinski definition) is 17. The van der Waals surface area contributed by atoms with E-state index in [-0.39, 0.29) is 45.4 Å². The zero-order chi connectivity index (χ0) is 52.5. The molecule has 0 aliphatic heterocycles. The van der Waals surface area contributed by atoms with Crippen molar-refractivity contribution in [1.82, 2.24) is 11.5 Å². The van der Waals surface area contributed by atoms with Crippen molar-refractivity contribution in [1.29, 1.82) is 0 Å². The Bertz CT molecular complexity index is 1230. The largest absolute Gasteiger partial charge is 0.756 e. The summed E-state index contributed by atoms with van der Waals surface area (Å²) in [6.07, 6.45) is 29.2. The minimum atomic E-state index is -4.88. The van der Waals surface area contributed by atoms with Gasteiger partial charge in [-0.25, -0.2) is 4.79 Å². The summed E-state index contributed by atoms with van der Waals surface area (Å²) in [5, 5.41) is 2.39. The Balaban J connectivity index is 0. The second-order valence-corrected chi connectivity index (χ2v) is 19.5. The van der Waals surface area contributed by atoms with Crippen molar-refractivity contribution in [2.45, 2.75) is 200 Å². The Morgan fingerprint density at radius 1 is 0.425 bits per heavy atom. The van der Waals surface area contributed by atoms with Crippen molar-refractivity contribution < 1.29 is 80.3 Å². The highest BCUT2D eigenvalue weighted by Gasteiger charge is 2.21. The Hall–Kier alpha value is -2.00. The maximum Gasteiger partial charge on any atom is 0.407 e. The molecule has 0 fully saturated rings. The molecule has 5 N–H and O–H groups in total. The molecule has 20 heteroatoms. The second-order valence-electron chi connectivity index (χ2n) is 18.1. The van der Waals surface area contributed by atoms with Crippen LogP contribution in [-0.4, -0.2) is 150 Å². The van der Waals surface area contributed by atoms with E-state index in [0.29, 0.717) is 92.1 Å². The van der Waals surface area contributed by atoms with Crippen LogP contribution < -0.4 is 16.4 Å². The minimum absolute atomic E-state index is 0. The van der Waals surface area contributed by atoms with Crippen LogP contribution in [0.25, 0.3) is 0 Å². The number of phosphoric ester groups is 1. The monoisotopic (exact) mass is 1070 g/mol. The van der Waals surface area contributed by atoms with Gasteiger partial charge >= 0.3 is 18.0 Å². The second kappa shape index (κ2) is 59.2. The van der Waals surface area contributed by atoms with Gasteiger partial charge in [0.1, 0.15) is 13.2 Å². The number of ether oxygens (including phenoxy) is 10. The van der Waals surface area contributed by atoms with Crippen molar-refractivity contribution in [3.8, 4) is 0 Å². The van der Waals surface area contributed by atoms with Crippen LogP contribution in [0.2, 0.25) is 0 Å². The molecule has 0 aliphatic carbocycles. The summed E-state index contributed by atoms with van der Waals surface area (Å²) < 4.78 is 75.8. The van der Waals surface area contributed by atoms with E-state index >= 15 is 0 Å². The Morgan fingerprint density at radius 3 is 1.15 bits per heavy atom. The molecule has 0 saturated carbocycles. The smallest absolute Gasteiger partial charge is 0.407 e. The number of carbonyl (C=O) groups is 3. The molecule has 73 heavy (non-hydrogen) atoms. The van der Waals surface area contributed by atoms with E-state index in [4.69, 9.17) is 56.4 Å². The third-order valence-electron chi connectivity index (χ3n) is 11.5. The predicted octanol–water partition coefficient (Wildman–Crippen LogP) is 10.8. The number of carbonyl (C=O) groups excluding carboxylic acids is 3. The zero-order valence-electron chi connectivity index (χ0n) is 46.5. The molecule has 0 rings (SSSR count). The summed E-state index contributed by atoms with van der Waals surface area (Å²) in [5.74, 6) is -0.960. The molecule has 1 unspecified atom stereocenters. The van der Waals surface area contributed by atoms with Gasteiger partial charge in [0.05, 0.1) is 99.1 Å². The predicted molar refractivity (Wildman–Crippen MR) is 283 cm³/mol. The lowest BCUT2D eigenvalue weighted by molar-refractivity contribution is -0.228. The van der Waals surface area contributed by atoms with E-state index in [1.807, 2.05) is 0 Å². The zero-order valence-corrected chi connectivity index (χ0v) is 47.4. The van der Waals surface area contributed by atoms with Gasteiger partial charge in [-0.3, -0.25) is 14.2 Å². The van der Waals surface area contributed by atoms with E-state index in [2.05, 4.69) is 19.2 Å². The lowest BCUT2D eigenvalue weighted by Gasteiger charge is -2.25. The highest BCUT2D eigenvalue weighted by Crippen LogP contribution is 2.38. The quantitative estimate of drug-likeness (QED) is 0.0249. The van der Waals surface area contributed by atoms with Crippen LogP contribution in [-0.2, 0) is 70.6 Å². The minimum Gasteiger partial charge on any atom is -0.756 e. The van der Waals surface area contributed by atoms with Crippen molar-refractivity contribution in [2.75, 3.05) is 126 Å². The van der Waals surface area contributed by atoms with Crippen LogP contribution in [0.4, 0.5) is 4.79 Å². The number of quaternary nitrogens is 1. The van der Waals surface area contributed by atoms with Crippen LogP contribution in [0.3, 0.4) is 0 Å². The van der Waals surface area contributed by atoms with Crippen LogP contribution >= 0.6 is 7.82 Å². The number of hydrogen-bond donors (Lipinski definition) is 2. The van der Waals surface area contributed by atoms with E-state index in [1.165, 1.54) is 116 Å². The lowest BCUT2D eigenvalue weighted by atomic mass is 10.0. The number of unbranched alkanes of at least 4 members (excludes halogenated alkanes) is 24. The van der Waals surface area contributed by atoms with Crippen molar-refractivity contribution in [3.63, 3.8) is 0 Å². The molecule has 0 heterocycles. The highest BCUT2D eigenvalue weighted by atomic mass is 31.2. The summed E-state index contributed by atoms with van der Waals surface area (Å²) in [5.41, 5.74) is 0. The van der Waals surface area contributed by atoms with Gasteiger partial charge in [-0.05, 0) is 12.8 Å². The number of nitrogens with one attached hydrogen (secondary N) is 1. The third kappa shape index (κ3) is 59.1. The Labute approximate surface area is 442 Å². The normalized spacial score (nSPS) is 12.5. The average Bonchev–Trinajstić information content (AvgIpc) is 3.37. The molecular formula is C53H107N2O17P. The Morgan fingerprint density at radius 2 is 0.767 bits per heavy atom. The molecule has 0 aliphatic rings. The number of methoxy groups -OCH3 is 1. The maximum absolute atomic E-state index is 12.8. The first-order valence-electron chi connectivity index (χ1n) is 28.0. The van der Waals surface area contributed by atoms with Crippen LogP contribution in [0.5, 0.6) is 0 Å². The molecule has 0 aromatic heterocycles. The van der Waals surface area contributed by atoms with Gasteiger partial charge in [0.15, 0.2) is 6.10 Å². The van der Waals surface area contributed by atoms with Crippen molar-refractivity contribution in [2.24, 2.45) is 0 Å². The first-order chi connectivity index (χ1) is 35.2. The highest BCUT2D eigenvalue weighted by molar-refractivity contribution is 7.45. The molecule has 0 saturated heterocycles. The fraction of sp³-hybridized carbons (Fsp3) is 0.943. The Kier molecular flexibility index (Phi) is 59.3. The standard InChI is InChI=1S/C53H104NO17P.H3N/c1-4-6-8-10-12-14-16-18-20-22-24-26-28-30-51(55)68-48-50(71-52(56)31-29-27-25-23-21-19-17-15-13-11-9-7-5-2)49-70-72(58,59)69-33-32-54-53(57)67-47-46-66-45-44-65-43-42-64-41-40-63-39-38-62-37-36-61-35-34-60-3;/h50H,4-49H2,1-3H3,(H,54,57)(H,58,59);1H3/t50-;/m1./s1. The molecule has 2 atom stereocenters. The van der Waals surface area contributed by atoms with Gasteiger partial charge in [0.25, 0.3) is 7.82 Å². The summed E-state index contributed by atoms with van der Waals surface area (Å²) in [6, 6.07) is 0. The third-order valence-corrected chi connectivity index (χ3v) is 12.5. The van der Waals surface area contributed by atoms with E-state index in [0.717, 1.165) is 38.5 Å². The van der Waals surface area contributed by atoms with Gasteiger partial charge < -0.3 is 72.8 Å².